The molecule has 0 aliphatic heterocycles. The molecule has 0 amide bonds. The SMILES string of the molecule is c1ccc(-c2ccc(N(c3ccc(-c4ccc5c(c4)C4(c6ccccc6-c6ccccc64)c4cnccc4-5)cc3)c3ccc(-c4ccccc4)c(-c4cccc5c4oc4ccccc45)c3)cc2)cc1. The maximum absolute atomic E-state index is 6.70. The second kappa shape index (κ2) is 15.5. The molecule has 322 valence electrons. The third-order valence-corrected chi connectivity index (χ3v) is 14.6. The van der Waals surface area contributed by atoms with E-state index in [0.29, 0.717) is 0 Å². The fourth-order valence-corrected chi connectivity index (χ4v) is 11.6. The first-order valence-electron chi connectivity index (χ1n) is 23.7. The number of hydrogen-bond donors (Lipinski definition) is 0. The summed E-state index contributed by atoms with van der Waals surface area (Å²) in [4.78, 5) is 7.11. The minimum Gasteiger partial charge on any atom is -0.455 e. The number of furan rings is 1. The number of para-hydroxylation sites is 2. The van der Waals surface area contributed by atoms with Crippen LogP contribution in [0, 0.1) is 0 Å². The van der Waals surface area contributed by atoms with E-state index in [2.05, 4.69) is 248 Å². The van der Waals surface area contributed by atoms with E-state index in [1.807, 2.05) is 12.3 Å². The monoisotopic (exact) mass is 878 g/mol. The molecule has 3 heteroatoms. The topological polar surface area (TPSA) is 29.3 Å². The van der Waals surface area contributed by atoms with Crippen LogP contribution in [-0.2, 0) is 5.41 Å². The van der Waals surface area contributed by atoms with E-state index in [4.69, 9.17) is 9.40 Å². The van der Waals surface area contributed by atoms with Crippen molar-refractivity contribution in [1.82, 2.24) is 4.98 Å². The molecule has 0 N–H and O–H groups in total. The highest BCUT2D eigenvalue weighted by Crippen LogP contribution is 2.63. The van der Waals surface area contributed by atoms with Crippen molar-refractivity contribution in [1.29, 1.82) is 0 Å². The van der Waals surface area contributed by atoms with Gasteiger partial charge in [-0.05, 0) is 138 Å². The second-order valence-electron chi connectivity index (χ2n) is 18.2. The Kier molecular flexibility index (Phi) is 8.80. The smallest absolute Gasteiger partial charge is 0.143 e. The van der Waals surface area contributed by atoms with E-state index >= 15 is 0 Å². The molecule has 69 heavy (non-hydrogen) atoms. The molecular weight excluding hydrogens is 837 g/mol. The summed E-state index contributed by atoms with van der Waals surface area (Å²) < 4.78 is 6.70. The summed E-state index contributed by atoms with van der Waals surface area (Å²) in [6, 6.07) is 88.1. The Bertz CT molecular complexity index is 3880. The summed E-state index contributed by atoms with van der Waals surface area (Å²) >= 11 is 0. The van der Waals surface area contributed by atoms with Crippen LogP contribution in [-0.4, -0.2) is 4.98 Å². The summed E-state index contributed by atoms with van der Waals surface area (Å²) in [6.45, 7) is 0. The fraction of sp³-hybridized carbons (Fsp3) is 0.0152. The Hall–Kier alpha value is -9.05. The van der Waals surface area contributed by atoms with Gasteiger partial charge in [-0.15, -0.1) is 0 Å². The van der Waals surface area contributed by atoms with Gasteiger partial charge in [0.15, 0.2) is 0 Å². The van der Waals surface area contributed by atoms with Gasteiger partial charge in [0.2, 0.25) is 0 Å². The summed E-state index contributed by atoms with van der Waals surface area (Å²) in [6.07, 6.45) is 4.03. The molecular formula is C66H42N2O. The van der Waals surface area contributed by atoms with Crippen molar-refractivity contribution in [3.8, 4) is 66.8 Å². The highest BCUT2D eigenvalue weighted by Gasteiger charge is 2.51. The lowest BCUT2D eigenvalue weighted by Gasteiger charge is -2.30. The van der Waals surface area contributed by atoms with Crippen LogP contribution in [0.3, 0.4) is 0 Å². The Morgan fingerprint density at radius 2 is 0.841 bits per heavy atom. The van der Waals surface area contributed by atoms with Crippen LogP contribution in [0.1, 0.15) is 22.3 Å². The van der Waals surface area contributed by atoms with Crippen LogP contribution in [0.2, 0.25) is 0 Å². The lowest BCUT2D eigenvalue weighted by atomic mass is 9.70. The number of pyridine rings is 1. The highest BCUT2D eigenvalue weighted by molar-refractivity contribution is 6.11. The van der Waals surface area contributed by atoms with E-state index in [1.165, 1.54) is 61.2 Å². The Labute approximate surface area is 400 Å². The van der Waals surface area contributed by atoms with Crippen LogP contribution >= 0.6 is 0 Å². The van der Waals surface area contributed by atoms with Crippen molar-refractivity contribution in [3.05, 3.63) is 277 Å². The quantitative estimate of drug-likeness (QED) is 0.160. The van der Waals surface area contributed by atoms with E-state index in [1.54, 1.807) is 0 Å². The first-order valence-corrected chi connectivity index (χ1v) is 23.7. The summed E-state index contributed by atoms with van der Waals surface area (Å²) in [7, 11) is 0. The van der Waals surface area contributed by atoms with Gasteiger partial charge in [0, 0.05) is 45.8 Å². The molecule has 3 nitrogen and oxygen atoms in total. The maximum Gasteiger partial charge on any atom is 0.143 e. The Balaban J connectivity index is 0.925. The van der Waals surface area contributed by atoms with Gasteiger partial charge in [0.1, 0.15) is 11.2 Å². The molecule has 0 fully saturated rings. The van der Waals surface area contributed by atoms with Crippen molar-refractivity contribution in [2.75, 3.05) is 4.90 Å². The molecule has 14 rings (SSSR count). The van der Waals surface area contributed by atoms with Crippen molar-refractivity contribution < 1.29 is 4.42 Å². The molecule has 0 saturated carbocycles. The van der Waals surface area contributed by atoms with E-state index < -0.39 is 5.41 Å². The number of nitrogens with zero attached hydrogens (tertiary/aromatic N) is 2. The fourth-order valence-electron chi connectivity index (χ4n) is 11.6. The molecule has 1 spiro atoms. The van der Waals surface area contributed by atoms with Crippen LogP contribution in [0.25, 0.3) is 88.7 Å². The molecule has 0 saturated heterocycles. The summed E-state index contributed by atoms with van der Waals surface area (Å²) in [5.74, 6) is 0. The van der Waals surface area contributed by atoms with Crippen molar-refractivity contribution in [2.24, 2.45) is 0 Å². The molecule has 2 heterocycles. The number of hydrogen-bond acceptors (Lipinski definition) is 3. The zero-order valence-corrected chi connectivity index (χ0v) is 37.6. The number of benzene rings is 10. The molecule has 10 aromatic carbocycles. The van der Waals surface area contributed by atoms with Crippen molar-refractivity contribution >= 4 is 39.0 Å². The van der Waals surface area contributed by atoms with Crippen LogP contribution in [0.5, 0.6) is 0 Å². The number of rotatable bonds is 7. The van der Waals surface area contributed by atoms with E-state index in [9.17, 15) is 0 Å². The Morgan fingerprint density at radius 3 is 1.57 bits per heavy atom. The molecule has 2 aromatic heterocycles. The first-order chi connectivity index (χ1) is 34.2. The van der Waals surface area contributed by atoms with Gasteiger partial charge >= 0.3 is 0 Å². The molecule has 0 atom stereocenters. The average Bonchev–Trinajstić information content (AvgIpc) is 4.06. The average molecular weight is 879 g/mol. The lowest BCUT2D eigenvalue weighted by molar-refractivity contribution is 0.670. The lowest BCUT2D eigenvalue weighted by Crippen LogP contribution is -2.26. The third kappa shape index (κ3) is 5.97. The van der Waals surface area contributed by atoms with Crippen LogP contribution < -0.4 is 4.90 Å². The molecule has 12 aromatic rings. The molecule has 0 bridgehead atoms. The van der Waals surface area contributed by atoms with Gasteiger partial charge in [-0.3, -0.25) is 4.98 Å². The highest BCUT2D eigenvalue weighted by atomic mass is 16.3. The van der Waals surface area contributed by atoms with Gasteiger partial charge in [0.25, 0.3) is 0 Å². The van der Waals surface area contributed by atoms with Crippen LogP contribution in [0.15, 0.2) is 259 Å². The molecule has 2 aliphatic rings. The van der Waals surface area contributed by atoms with E-state index in [-0.39, 0.29) is 0 Å². The standard InChI is InChI=1S/C66H42N2O/c1-3-14-43(15-4-1)44-26-31-48(32-27-44)68(50-35-37-51(46-16-5-2-6-17-46)59(41-50)58-22-13-21-57-56-20-9-12-25-64(56)69-65(57)58)49-33-28-45(29-34-49)47-30-36-54-55-38-39-67-42-63(55)66(62(54)40-47)60-23-10-7-18-52(60)53-19-8-11-24-61(53)66/h1-42H. The van der Waals surface area contributed by atoms with Crippen molar-refractivity contribution in [2.45, 2.75) is 5.41 Å². The summed E-state index contributed by atoms with van der Waals surface area (Å²) in [5.41, 5.74) is 23.9. The zero-order valence-electron chi connectivity index (χ0n) is 37.6. The minimum absolute atomic E-state index is 0.457. The van der Waals surface area contributed by atoms with Gasteiger partial charge in [-0.2, -0.15) is 0 Å². The van der Waals surface area contributed by atoms with Crippen LogP contribution in [0.4, 0.5) is 17.1 Å². The molecule has 0 radical (unpaired) electrons. The predicted molar refractivity (Wildman–Crippen MR) is 284 cm³/mol. The third-order valence-electron chi connectivity index (χ3n) is 14.6. The minimum atomic E-state index is -0.457. The normalized spacial score (nSPS) is 12.8. The first kappa shape index (κ1) is 39.1. The number of aromatic nitrogens is 1. The largest absolute Gasteiger partial charge is 0.455 e. The van der Waals surface area contributed by atoms with E-state index in [0.717, 1.165) is 66.8 Å². The Morgan fingerprint density at radius 1 is 0.319 bits per heavy atom. The van der Waals surface area contributed by atoms with Gasteiger partial charge in [0.05, 0.1) is 5.41 Å². The molecule has 0 unspecified atom stereocenters. The molecule has 2 aliphatic carbocycles. The number of anilines is 3. The van der Waals surface area contributed by atoms with Crippen molar-refractivity contribution in [3.63, 3.8) is 0 Å². The zero-order chi connectivity index (χ0) is 45.5. The second-order valence-corrected chi connectivity index (χ2v) is 18.2. The number of fused-ring (bicyclic) bond motifs is 13. The maximum atomic E-state index is 6.70. The van der Waals surface area contributed by atoms with Gasteiger partial charge in [-0.1, -0.05) is 188 Å². The van der Waals surface area contributed by atoms with Gasteiger partial charge < -0.3 is 9.32 Å². The summed E-state index contributed by atoms with van der Waals surface area (Å²) in [5, 5.41) is 2.22. The van der Waals surface area contributed by atoms with Gasteiger partial charge in [-0.25, -0.2) is 0 Å². The predicted octanol–water partition coefficient (Wildman–Crippen LogP) is 17.5.